The Kier molecular flexibility index (Phi) is 6.67. The molecule has 3 rings (SSSR count). The highest BCUT2D eigenvalue weighted by molar-refractivity contribution is 6.00. The van der Waals surface area contributed by atoms with Crippen LogP contribution in [0.15, 0.2) is 42.5 Å². The molecule has 1 N–H and O–H groups in total. The highest BCUT2D eigenvalue weighted by atomic mass is 19.1. The average molecular weight is 445 g/mol. The lowest BCUT2D eigenvalue weighted by Gasteiger charge is -2.32. The van der Waals surface area contributed by atoms with E-state index in [9.17, 15) is 28.9 Å². The van der Waals surface area contributed by atoms with Crippen LogP contribution in [0.1, 0.15) is 20.3 Å². The molecule has 168 valence electrons. The van der Waals surface area contributed by atoms with E-state index < -0.39 is 40.5 Å². The molecule has 0 fully saturated rings. The van der Waals surface area contributed by atoms with Crippen LogP contribution in [-0.4, -0.2) is 41.5 Å². The minimum absolute atomic E-state index is 0.0180. The maximum Gasteiger partial charge on any atom is 0.308 e. The Labute approximate surface area is 182 Å². The summed E-state index contributed by atoms with van der Waals surface area (Å²) in [6.45, 7) is 2.96. The second-order valence-corrected chi connectivity index (χ2v) is 7.01. The summed E-state index contributed by atoms with van der Waals surface area (Å²) >= 11 is 0. The van der Waals surface area contributed by atoms with E-state index in [0.29, 0.717) is 11.4 Å². The molecule has 0 saturated carbocycles. The Balaban J connectivity index is 1.57. The van der Waals surface area contributed by atoms with Crippen LogP contribution in [0.25, 0.3) is 0 Å². The molecule has 0 spiro atoms. The highest BCUT2D eigenvalue weighted by Gasteiger charge is 2.31. The first-order chi connectivity index (χ1) is 15.2. The SMILES string of the molecule is CC(OC(=O)CCN1C(=O)C(C)Oc2ccccc21)C(=O)Nc1ccc(F)c([N+](=O)[O-])c1. The Hall–Kier alpha value is -4.02. The number of hydrogen-bond acceptors (Lipinski definition) is 7. The number of amides is 2. The van der Waals surface area contributed by atoms with Crippen molar-refractivity contribution in [3.8, 4) is 5.75 Å². The number of carbonyl (C=O) groups is 3. The van der Waals surface area contributed by atoms with Crippen LogP contribution in [-0.2, 0) is 19.1 Å². The number of benzene rings is 2. The molecule has 10 nitrogen and oxygen atoms in total. The molecule has 1 heterocycles. The summed E-state index contributed by atoms with van der Waals surface area (Å²) in [6.07, 6.45) is -2.10. The number of fused-ring (bicyclic) bond motifs is 1. The Morgan fingerprint density at radius 2 is 2.03 bits per heavy atom. The van der Waals surface area contributed by atoms with Gasteiger partial charge in [-0.15, -0.1) is 0 Å². The summed E-state index contributed by atoms with van der Waals surface area (Å²) in [5.41, 5.74) is -0.278. The summed E-state index contributed by atoms with van der Waals surface area (Å²) in [7, 11) is 0. The quantitative estimate of drug-likeness (QED) is 0.394. The molecule has 2 atom stereocenters. The van der Waals surface area contributed by atoms with E-state index >= 15 is 0 Å². The first kappa shape index (κ1) is 22.7. The Morgan fingerprint density at radius 3 is 2.75 bits per heavy atom. The van der Waals surface area contributed by atoms with Gasteiger partial charge in [-0.05, 0) is 38.1 Å². The molecule has 2 unspecified atom stereocenters. The van der Waals surface area contributed by atoms with Gasteiger partial charge in [0.25, 0.3) is 11.8 Å². The molecule has 0 saturated heterocycles. The molecule has 1 aliphatic rings. The van der Waals surface area contributed by atoms with Crippen molar-refractivity contribution in [2.75, 3.05) is 16.8 Å². The zero-order valence-electron chi connectivity index (χ0n) is 17.2. The molecule has 2 amide bonds. The number of carbonyl (C=O) groups excluding carboxylic acids is 3. The summed E-state index contributed by atoms with van der Waals surface area (Å²) in [5, 5.41) is 13.1. The lowest BCUT2D eigenvalue weighted by Crippen LogP contribution is -2.45. The van der Waals surface area contributed by atoms with E-state index in [1.807, 2.05) is 0 Å². The number of nitro groups is 1. The summed E-state index contributed by atoms with van der Waals surface area (Å²) < 4.78 is 24.0. The van der Waals surface area contributed by atoms with Gasteiger partial charge in [-0.2, -0.15) is 4.39 Å². The van der Waals surface area contributed by atoms with Crippen molar-refractivity contribution >= 4 is 34.8 Å². The Morgan fingerprint density at radius 1 is 1.31 bits per heavy atom. The second-order valence-electron chi connectivity index (χ2n) is 7.01. The number of nitrogens with one attached hydrogen (secondary N) is 1. The van der Waals surface area contributed by atoms with Gasteiger partial charge in [0.1, 0.15) is 5.75 Å². The molecule has 2 aromatic rings. The van der Waals surface area contributed by atoms with Crippen molar-refractivity contribution in [3.05, 3.63) is 58.4 Å². The van der Waals surface area contributed by atoms with Gasteiger partial charge in [0, 0.05) is 18.3 Å². The minimum Gasteiger partial charge on any atom is -0.479 e. The fourth-order valence-electron chi connectivity index (χ4n) is 3.08. The topological polar surface area (TPSA) is 128 Å². The highest BCUT2D eigenvalue weighted by Crippen LogP contribution is 2.33. The van der Waals surface area contributed by atoms with Crippen LogP contribution < -0.4 is 15.0 Å². The number of ether oxygens (including phenoxy) is 2. The first-order valence-corrected chi connectivity index (χ1v) is 9.68. The third-order valence-corrected chi connectivity index (χ3v) is 4.70. The van der Waals surface area contributed by atoms with Crippen molar-refractivity contribution in [3.63, 3.8) is 0 Å². The van der Waals surface area contributed by atoms with Crippen LogP contribution in [0.3, 0.4) is 0 Å². The van der Waals surface area contributed by atoms with Crippen molar-refractivity contribution in [2.24, 2.45) is 0 Å². The maximum absolute atomic E-state index is 13.4. The molecule has 11 heteroatoms. The molecule has 1 aliphatic heterocycles. The fraction of sp³-hybridized carbons (Fsp3) is 0.286. The molecule has 0 aromatic heterocycles. The van der Waals surface area contributed by atoms with Gasteiger partial charge in [-0.3, -0.25) is 24.5 Å². The van der Waals surface area contributed by atoms with E-state index in [4.69, 9.17) is 9.47 Å². The van der Waals surface area contributed by atoms with Gasteiger partial charge < -0.3 is 19.7 Å². The van der Waals surface area contributed by atoms with Gasteiger partial charge in [-0.1, -0.05) is 12.1 Å². The zero-order chi connectivity index (χ0) is 23.4. The van der Waals surface area contributed by atoms with Crippen LogP contribution >= 0.6 is 0 Å². The molecule has 0 aliphatic carbocycles. The molecule has 2 aromatic carbocycles. The van der Waals surface area contributed by atoms with Crippen molar-refractivity contribution in [1.29, 1.82) is 0 Å². The number of anilines is 2. The third kappa shape index (κ3) is 4.99. The number of para-hydroxylation sites is 2. The van der Waals surface area contributed by atoms with E-state index in [2.05, 4.69) is 5.32 Å². The monoisotopic (exact) mass is 445 g/mol. The smallest absolute Gasteiger partial charge is 0.308 e. The number of halogens is 1. The van der Waals surface area contributed by atoms with E-state index in [0.717, 1.165) is 18.2 Å². The first-order valence-electron chi connectivity index (χ1n) is 9.68. The summed E-state index contributed by atoms with van der Waals surface area (Å²) in [5.74, 6) is -2.29. The van der Waals surface area contributed by atoms with Gasteiger partial charge in [0.15, 0.2) is 12.2 Å². The predicted molar refractivity (Wildman–Crippen MR) is 111 cm³/mol. The zero-order valence-corrected chi connectivity index (χ0v) is 17.2. The van der Waals surface area contributed by atoms with Gasteiger partial charge in [0.05, 0.1) is 17.0 Å². The second kappa shape index (κ2) is 9.41. The minimum atomic E-state index is -1.22. The number of rotatable bonds is 7. The lowest BCUT2D eigenvalue weighted by molar-refractivity contribution is -0.387. The van der Waals surface area contributed by atoms with Crippen LogP contribution in [0.4, 0.5) is 21.5 Å². The van der Waals surface area contributed by atoms with E-state index in [1.54, 1.807) is 31.2 Å². The predicted octanol–water partition coefficient (Wildman–Crippen LogP) is 2.81. The Bertz CT molecular complexity index is 1080. The number of hydrogen-bond donors (Lipinski definition) is 1. The van der Waals surface area contributed by atoms with Crippen LogP contribution in [0, 0.1) is 15.9 Å². The fourth-order valence-corrected chi connectivity index (χ4v) is 3.08. The summed E-state index contributed by atoms with van der Waals surface area (Å²) in [6, 6.07) is 9.79. The normalized spacial score (nSPS) is 15.9. The van der Waals surface area contributed by atoms with Crippen molar-refractivity contribution in [2.45, 2.75) is 32.5 Å². The van der Waals surface area contributed by atoms with Crippen molar-refractivity contribution < 1.29 is 33.2 Å². The average Bonchev–Trinajstić information content (AvgIpc) is 2.75. The van der Waals surface area contributed by atoms with E-state index in [-0.39, 0.29) is 24.6 Å². The maximum atomic E-state index is 13.4. The lowest BCUT2D eigenvalue weighted by atomic mass is 10.2. The molecular weight excluding hydrogens is 425 g/mol. The number of esters is 1. The molecule has 0 bridgehead atoms. The molecule has 32 heavy (non-hydrogen) atoms. The van der Waals surface area contributed by atoms with E-state index in [1.165, 1.54) is 11.8 Å². The van der Waals surface area contributed by atoms with Crippen molar-refractivity contribution in [1.82, 2.24) is 0 Å². The van der Waals surface area contributed by atoms with Crippen LogP contribution in [0.2, 0.25) is 0 Å². The van der Waals surface area contributed by atoms with Gasteiger partial charge in [-0.25, -0.2) is 0 Å². The number of nitrogens with zero attached hydrogens (tertiary/aromatic N) is 2. The van der Waals surface area contributed by atoms with Gasteiger partial charge in [0.2, 0.25) is 5.82 Å². The third-order valence-electron chi connectivity index (χ3n) is 4.70. The summed E-state index contributed by atoms with van der Waals surface area (Å²) in [4.78, 5) is 48.2. The van der Waals surface area contributed by atoms with Crippen LogP contribution in [0.5, 0.6) is 5.75 Å². The molecule has 0 radical (unpaired) electrons. The standard InChI is InChI=1S/C21H20FN3O7/c1-12(20(27)23-14-7-8-15(22)17(11-14)25(29)30)32-19(26)9-10-24-16-5-3-4-6-18(16)31-13(2)21(24)28/h3-8,11-13H,9-10H2,1-2H3,(H,23,27). The molecular formula is C21H20FN3O7. The largest absolute Gasteiger partial charge is 0.479 e. The van der Waals surface area contributed by atoms with Gasteiger partial charge >= 0.3 is 11.7 Å². The number of nitro benzene ring substituents is 1.